The molecule has 7 nitrogen and oxygen atoms in total. The highest BCUT2D eigenvalue weighted by molar-refractivity contribution is 7.17. The van der Waals surface area contributed by atoms with Crippen molar-refractivity contribution in [2.45, 2.75) is 20.3 Å². The fourth-order valence-electron chi connectivity index (χ4n) is 1.14. The van der Waals surface area contributed by atoms with Crippen LogP contribution in [0.3, 0.4) is 0 Å². The zero-order valence-electron chi connectivity index (χ0n) is 9.93. The number of anilines is 2. The molecule has 18 heavy (non-hydrogen) atoms. The van der Waals surface area contributed by atoms with Crippen LogP contribution in [-0.4, -0.2) is 32.8 Å². The van der Waals surface area contributed by atoms with Crippen LogP contribution in [0.1, 0.15) is 28.7 Å². The van der Waals surface area contributed by atoms with Crippen molar-refractivity contribution in [2.24, 2.45) is 0 Å². The van der Waals surface area contributed by atoms with E-state index in [0.29, 0.717) is 15.3 Å². The molecule has 2 N–H and O–H groups in total. The van der Waals surface area contributed by atoms with E-state index < -0.39 is 0 Å². The Morgan fingerprint density at radius 2 is 1.89 bits per heavy atom. The van der Waals surface area contributed by atoms with E-state index in [-0.39, 0.29) is 5.91 Å². The molecule has 0 aliphatic carbocycles. The summed E-state index contributed by atoms with van der Waals surface area (Å²) in [4.78, 5) is 11.8. The number of carbonyl (C=O) groups is 1. The van der Waals surface area contributed by atoms with Gasteiger partial charge in [0, 0.05) is 6.54 Å². The molecule has 0 saturated heterocycles. The van der Waals surface area contributed by atoms with Crippen molar-refractivity contribution in [2.75, 3.05) is 17.2 Å². The van der Waals surface area contributed by atoms with Crippen LogP contribution in [0.5, 0.6) is 0 Å². The van der Waals surface area contributed by atoms with Gasteiger partial charge in [-0.2, -0.15) is 0 Å². The van der Waals surface area contributed by atoms with E-state index in [1.807, 2.05) is 13.8 Å². The predicted octanol–water partition coefficient (Wildman–Crippen LogP) is 1.64. The summed E-state index contributed by atoms with van der Waals surface area (Å²) in [6.45, 7) is 4.68. The fourth-order valence-corrected chi connectivity index (χ4v) is 2.52. The maximum atomic E-state index is 11.8. The van der Waals surface area contributed by atoms with Gasteiger partial charge in [-0.1, -0.05) is 29.6 Å². The molecule has 0 fully saturated rings. The van der Waals surface area contributed by atoms with Gasteiger partial charge in [0.05, 0.1) is 0 Å². The first-order chi connectivity index (χ1) is 8.72. The largest absolute Gasteiger partial charge is 0.360 e. The SMILES string of the molecule is CCNc1nnc(C(=O)Nc2nnc(CC)s2)s1. The average molecular weight is 284 g/mol. The predicted molar refractivity (Wildman–Crippen MR) is 71.3 cm³/mol. The van der Waals surface area contributed by atoms with Crippen molar-refractivity contribution in [3.05, 3.63) is 10.0 Å². The van der Waals surface area contributed by atoms with Gasteiger partial charge in [0.1, 0.15) is 5.01 Å². The molecule has 0 aromatic carbocycles. The highest BCUT2D eigenvalue weighted by Crippen LogP contribution is 2.19. The minimum absolute atomic E-state index is 0.305. The number of carbonyl (C=O) groups excluding carboxylic acids is 1. The van der Waals surface area contributed by atoms with Gasteiger partial charge in [-0.15, -0.1) is 20.4 Å². The van der Waals surface area contributed by atoms with Crippen molar-refractivity contribution >= 4 is 38.8 Å². The number of aryl methyl sites for hydroxylation is 1. The zero-order chi connectivity index (χ0) is 13.0. The average Bonchev–Trinajstić information content (AvgIpc) is 2.98. The number of aromatic nitrogens is 4. The molecule has 0 aliphatic heterocycles. The zero-order valence-corrected chi connectivity index (χ0v) is 11.6. The first kappa shape index (κ1) is 12.8. The number of amides is 1. The number of hydrogen-bond acceptors (Lipinski definition) is 8. The molecule has 2 heterocycles. The van der Waals surface area contributed by atoms with Crippen molar-refractivity contribution in [3.63, 3.8) is 0 Å². The van der Waals surface area contributed by atoms with Crippen LogP contribution in [-0.2, 0) is 6.42 Å². The van der Waals surface area contributed by atoms with Crippen LogP contribution in [0.2, 0.25) is 0 Å². The molecule has 0 unspecified atom stereocenters. The van der Waals surface area contributed by atoms with Crippen molar-refractivity contribution < 1.29 is 4.79 Å². The summed E-state index contributed by atoms with van der Waals surface area (Å²) in [5.41, 5.74) is 0. The van der Waals surface area contributed by atoms with Crippen LogP contribution in [0.25, 0.3) is 0 Å². The lowest BCUT2D eigenvalue weighted by molar-refractivity contribution is 0.102. The normalized spacial score (nSPS) is 10.3. The van der Waals surface area contributed by atoms with E-state index >= 15 is 0 Å². The molecule has 96 valence electrons. The highest BCUT2D eigenvalue weighted by atomic mass is 32.1. The maximum absolute atomic E-state index is 11.8. The quantitative estimate of drug-likeness (QED) is 0.867. The molecule has 9 heteroatoms. The Bertz CT molecular complexity index is 537. The molecule has 0 radical (unpaired) electrons. The summed E-state index contributed by atoms with van der Waals surface area (Å²) in [5.74, 6) is -0.310. The Labute approximate surface area is 112 Å². The molecule has 2 rings (SSSR count). The van der Waals surface area contributed by atoms with E-state index in [1.54, 1.807) is 0 Å². The van der Waals surface area contributed by atoms with Gasteiger partial charge in [0.25, 0.3) is 5.91 Å². The Morgan fingerprint density at radius 3 is 2.56 bits per heavy atom. The smallest absolute Gasteiger partial charge is 0.288 e. The lowest BCUT2D eigenvalue weighted by Gasteiger charge is -1.95. The minimum Gasteiger partial charge on any atom is -0.360 e. The summed E-state index contributed by atoms with van der Waals surface area (Å²) in [7, 11) is 0. The van der Waals surface area contributed by atoms with Gasteiger partial charge in [-0.05, 0) is 13.3 Å². The van der Waals surface area contributed by atoms with E-state index in [1.165, 1.54) is 22.7 Å². The second kappa shape index (κ2) is 5.83. The summed E-state index contributed by atoms with van der Waals surface area (Å²) < 4.78 is 0. The van der Waals surface area contributed by atoms with E-state index in [2.05, 4.69) is 31.0 Å². The summed E-state index contributed by atoms with van der Waals surface area (Å²) >= 11 is 2.57. The molecule has 0 saturated carbocycles. The Hall–Kier alpha value is -1.61. The van der Waals surface area contributed by atoms with E-state index in [0.717, 1.165) is 18.0 Å². The van der Waals surface area contributed by atoms with Gasteiger partial charge in [0.15, 0.2) is 0 Å². The van der Waals surface area contributed by atoms with Crippen LogP contribution < -0.4 is 10.6 Å². The fraction of sp³-hybridized carbons (Fsp3) is 0.444. The van der Waals surface area contributed by atoms with Gasteiger partial charge >= 0.3 is 0 Å². The van der Waals surface area contributed by atoms with E-state index in [9.17, 15) is 4.79 Å². The molecule has 2 aromatic rings. The molecule has 0 bridgehead atoms. The number of nitrogens with zero attached hydrogens (tertiary/aromatic N) is 4. The monoisotopic (exact) mass is 284 g/mol. The van der Waals surface area contributed by atoms with Crippen LogP contribution in [0.4, 0.5) is 10.3 Å². The van der Waals surface area contributed by atoms with Gasteiger partial charge in [0.2, 0.25) is 15.3 Å². The molecule has 2 aromatic heterocycles. The Morgan fingerprint density at radius 1 is 1.11 bits per heavy atom. The van der Waals surface area contributed by atoms with Gasteiger partial charge < -0.3 is 5.32 Å². The van der Waals surface area contributed by atoms with Gasteiger partial charge in [-0.25, -0.2) is 0 Å². The minimum atomic E-state index is -0.310. The van der Waals surface area contributed by atoms with Gasteiger partial charge in [-0.3, -0.25) is 10.1 Å². The molecule has 0 atom stereocenters. The number of rotatable bonds is 5. The van der Waals surface area contributed by atoms with E-state index in [4.69, 9.17) is 0 Å². The third-order valence-electron chi connectivity index (χ3n) is 1.94. The topological polar surface area (TPSA) is 92.7 Å². The lowest BCUT2D eigenvalue weighted by atomic mass is 10.5. The second-order valence-corrected chi connectivity index (χ2v) is 5.29. The third kappa shape index (κ3) is 2.99. The van der Waals surface area contributed by atoms with Crippen LogP contribution >= 0.6 is 22.7 Å². The summed E-state index contributed by atoms with van der Waals surface area (Å²) in [5, 5.41) is 23.4. The first-order valence-electron chi connectivity index (χ1n) is 5.44. The second-order valence-electron chi connectivity index (χ2n) is 3.25. The first-order valence-corrected chi connectivity index (χ1v) is 7.07. The van der Waals surface area contributed by atoms with Crippen LogP contribution in [0, 0.1) is 0 Å². The molecule has 0 spiro atoms. The molecule has 0 aliphatic rings. The van der Waals surface area contributed by atoms with Crippen molar-refractivity contribution in [3.8, 4) is 0 Å². The number of nitrogens with one attached hydrogen (secondary N) is 2. The van der Waals surface area contributed by atoms with Crippen molar-refractivity contribution in [1.29, 1.82) is 0 Å². The maximum Gasteiger partial charge on any atom is 0.288 e. The van der Waals surface area contributed by atoms with Crippen molar-refractivity contribution in [1.82, 2.24) is 20.4 Å². The Balaban J connectivity index is 2.02. The lowest BCUT2D eigenvalue weighted by Crippen LogP contribution is -2.11. The third-order valence-corrected chi connectivity index (χ3v) is 3.80. The summed E-state index contributed by atoms with van der Waals surface area (Å²) in [6, 6.07) is 0. The standard InChI is InChI=1S/C9H12N6OS2/c1-3-5-12-15-9(17-5)11-6(16)7-13-14-8(18-7)10-4-2/h3-4H2,1-2H3,(H,10,14)(H,11,15,16). The van der Waals surface area contributed by atoms with Crippen LogP contribution in [0.15, 0.2) is 0 Å². The summed E-state index contributed by atoms with van der Waals surface area (Å²) in [6.07, 6.45) is 0.802. The molecule has 1 amide bonds. The Kier molecular flexibility index (Phi) is 4.15. The molecular weight excluding hydrogens is 272 g/mol. The molecular formula is C9H12N6OS2. The number of hydrogen-bond donors (Lipinski definition) is 2. The highest BCUT2D eigenvalue weighted by Gasteiger charge is 2.14.